The number of benzene rings is 1. The van der Waals surface area contributed by atoms with E-state index in [2.05, 4.69) is 5.10 Å². The van der Waals surface area contributed by atoms with Crippen LogP contribution in [0.1, 0.15) is 11.4 Å². The summed E-state index contributed by atoms with van der Waals surface area (Å²) in [5.41, 5.74) is 1.41. The molecule has 0 aliphatic rings. The second-order valence-corrected chi connectivity index (χ2v) is 3.73. The highest BCUT2D eigenvalue weighted by Crippen LogP contribution is 2.24. The van der Waals surface area contributed by atoms with E-state index in [1.54, 1.807) is 19.9 Å². The van der Waals surface area contributed by atoms with Crippen LogP contribution in [0.25, 0.3) is 5.69 Å². The van der Waals surface area contributed by atoms with Crippen molar-refractivity contribution in [1.82, 2.24) is 9.78 Å². The minimum atomic E-state index is -0.550. The van der Waals surface area contributed by atoms with Crippen LogP contribution in [0.4, 0.5) is 10.1 Å². The Morgan fingerprint density at radius 3 is 2.59 bits per heavy atom. The van der Waals surface area contributed by atoms with Crippen LogP contribution in [0.3, 0.4) is 0 Å². The fraction of sp³-hybridized carbons (Fsp3) is 0.182. The van der Waals surface area contributed by atoms with Gasteiger partial charge in [-0.1, -0.05) is 0 Å². The minimum Gasteiger partial charge on any atom is -0.258 e. The summed E-state index contributed by atoms with van der Waals surface area (Å²) in [5, 5.41) is 15.0. The normalized spacial score (nSPS) is 10.5. The van der Waals surface area contributed by atoms with E-state index >= 15 is 0 Å². The molecule has 0 fully saturated rings. The van der Waals surface area contributed by atoms with E-state index in [0.29, 0.717) is 0 Å². The average molecular weight is 235 g/mol. The van der Waals surface area contributed by atoms with Gasteiger partial charge in [0.15, 0.2) is 0 Å². The number of aryl methyl sites for hydroxylation is 2. The minimum absolute atomic E-state index is 0.139. The van der Waals surface area contributed by atoms with Gasteiger partial charge in [0.2, 0.25) is 0 Å². The van der Waals surface area contributed by atoms with E-state index in [-0.39, 0.29) is 11.4 Å². The Labute approximate surface area is 96.6 Å². The zero-order chi connectivity index (χ0) is 12.6. The molecule has 0 unspecified atom stereocenters. The van der Waals surface area contributed by atoms with Crippen molar-refractivity contribution in [3.05, 3.63) is 51.6 Å². The molecule has 0 spiro atoms. The molecule has 0 aliphatic heterocycles. The number of nitro groups is 1. The molecule has 1 heterocycles. The lowest BCUT2D eigenvalue weighted by Crippen LogP contribution is -2.04. The number of nitrogens with zero attached hydrogens (tertiary/aromatic N) is 3. The predicted octanol–water partition coefficient (Wildman–Crippen LogP) is 2.54. The number of halogens is 1. The monoisotopic (exact) mass is 235 g/mol. The van der Waals surface area contributed by atoms with E-state index < -0.39 is 10.7 Å². The summed E-state index contributed by atoms with van der Waals surface area (Å²) in [6, 6.07) is 5.08. The first-order valence-corrected chi connectivity index (χ1v) is 4.96. The summed E-state index contributed by atoms with van der Waals surface area (Å²) >= 11 is 0. The molecule has 6 heteroatoms. The van der Waals surface area contributed by atoms with Gasteiger partial charge in [-0.05, 0) is 26.0 Å². The molecular formula is C11H10FN3O2. The van der Waals surface area contributed by atoms with E-state index in [4.69, 9.17) is 0 Å². The molecule has 0 radical (unpaired) electrons. The maximum absolute atomic E-state index is 13.2. The van der Waals surface area contributed by atoms with Crippen LogP contribution in [-0.4, -0.2) is 14.7 Å². The highest BCUT2D eigenvalue weighted by molar-refractivity contribution is 5.52. The zero-order valence-corrected chi connectivity index (χ0v) is 9.35. The van der Waals surface area contributed by atoms with Gasteiger partial charge in [-0.15, -0.1) is 0 Å². The van der Waals surface area contributed by atoms with Crippen molar-refractivity contribution >= 4 is 5.69 Å². The van der Waals surface area contributed by atoms with Gasteiger partial charge < -0.3 is 0 Å². The second kappa shape index (κ2) is 3.97. The lowest BCUT2D eigenvalue weighted by atomic mass is 10.2. The van der Waals surface area contributed by atoms with E-state index in [9.17, 15) is 14.5 Å². The van der Waals surface area contributed by atoms with Crippen LogP contribution in [0.2, 0.25) is 0 Å². The molecule has 1 aromatic heterocycles. The van der Waals surface area contributed by atoms with E-state index in [1.165, 1.54) is 4.68 Å². The molecular weight excluding hydrogens is 225 g/mol. The molecule has 17 heavy (non-hydrogen) atoms. The van der Waals surface area contributed by atoms with Gasteiger partial charge in [0.1, 0.15) is 11.5 Å². The average Bonchev–Trinajstić information content (AvgIpc) is 2.57. The van der Waals surface area contributed by atoms with Gasteiger partial charge in [0.05, 0.1) is 10.6 Å². The summed E-state index contributed by atoms with van der Waals surface area (Å²) in [7, 11) is 0. The summed E-state index contributed by atoms with van der Waals surface area (Å²) < 4.78 is 14.5. The fourth-order valence-electron chi connectivity index (χ4n) is 1.69. The Kier molecular flexibility index (Phi) is 2.63. The van der Waals surface area contributed by atoms with Crippen molar-refractivity contribution in [2.45, 2.75) is 13.8 Å². The smallest absolute Gasteiger partial charge is 0.258 e. The van der Waals surface area contributed by atoms with Crippen LogP contribution >= 0.6 is 0 Å². The quantitative estimate of drug-likeness (QED) is 0.593. The number of hydrogen-bond acceptors (Lipinski definition) is 3. The van der Waals surface area contributed by atoms with Crippen LogP contribution in [0.5, 0.6) is 0 Å². The molecule has 5 nitrogen and oxygen atoms in total. The van der Waals surface area contributed by atoms with Crippen LogP contribution in [0, 0.1) is 29.8 Å². The number of aromatic nitrogens is 2. The van der Waals surface area contributed by atoms with Crippen LogP contribution in [0.15, 0.2) is 24.3 Å². The molecule has 0 saturated carbocycles. The molecule has 1 aromatic carbocycles. The molecule has 2 aromatic rings. The second-order valence-electron chi connectivity index (χ2n) is 3.73. The number of hydrogen-bond donors (Lipinski definition) is 0. The summed E-state index contributed by atoms with van der Waals surface area (Å²) in [4.78, 5) is 10.3. The summed E-state index contributed by atoms with van der Waals surface area (Å²) in [6.07, 6.45) is 0. The van der Waals surface area contributed by atoms with Crippen LogP contribution < -0.4 is 0 Å². The van der Waals surface area contributed by atoms with Gasteiger partial charge in [0, 0.05) is 17.8 Å². The van der Waals surface area contributed by atoms with Crippen molar-refractivity contribution in [3.8, 4) is 5.69 Å². The Bertz CT molecular complexity index is 592. The fourth-order valence-corrected chi connectivity index (χ4v) is 1.69. The van der Waals surface area contributed by atoms with Gasteiger partial charge in [0.25, 0.3) is 5.69 Å². The van der Waals surface area contributed by atoms with E-state index in [1.807, 2.05) is 0 Å². The molecule has 88 valence electrons. The van der Waals surface area contributed by atoms with Crippen molar-refractivity contribution in [2.75, 3.05) is 0 Å². The largest absolute Gasteiger partial charge is 0.295 e. The lowest BCUT2D eigenvalue weighted by molar-refractivity contribution is -0.384. The first kappa shape index (κ1) is 11.3. The zero-order valence-electron chi connectivity index (χ0n) is 9.35. The Hall–Kier alpha value is -2.24. The maximum atomic E-state index is 13.2. The standard InChI is InChI=1S/C11H10FN3O2/c1-7-5-8(2)14(13-7)11-6-9(12)3-4-10(11)15(16)17/h3-6H,1-2H3. The molecule has 0 N–H and O–H groups in total. The first-order chi connectivity index (χ1) is 7.99. The third-order valence-electron chi connectivity index (χ3n) is 2.37. The van der Waals surface area contributed by atoms with Gasteiger partial charge >= 0.3 is 0 Å². The number of rotatable bonds is 2. The first-order valence-electron chi connectivity index (χ1n) is 4.96. The summed E-state index contributed by atoms with van der Waals surface area (Å²) in [6.45, 7) is 3.53. The molecule has 0 aliphatic carbocycles. The molecule has 0 bridgehead atoms. The molecule has 0 saturated heterocycles. The highest BCUT2D eigenvalue weighted by atomic mass is 19.1. The van der Waals surface area contributed by atoms with Gasteiger partial charge in [-0.25, -0.2) is 9.07 Å². The van der Waals surface area contributed by atoms with Gasteiger partial charge in [-0.2, -0.15) is 5.10 Å². The van der Waals surface area contributed by atoms with Crippen molar-refractivity contribution < 1.29 is 9.31 Å². The predicted molar refractivity (Wildman–Crippen MR) is 59.7 cm³/mol. The SMILES string of the molecule is Cc1cc(C)n(-c2cc(F)ccc2[N+](=O)[O-])n1. The Morgan fingerprint density at radius 2 is 2.06 bits per heavy atom. The molecule has 0 atom stereocenters. The lowest BCUT2D eigenvalue weighted by Gasteiger charge is -2.05. The van der Waals surface area contributed by atoms with Crippen molar-refractivity contribution in [1.29, 1.82) is 0 Å². The third kappa shape index (κ3) is 2.01. The summed E-state index contributed by atoms with van der Waals surface area (Å²) in [5.74, 6) is -0.529. The molecule has 2 rings (SSSR count). The maximum Gasteiger partial charge on any atom is 0.295 e. The van der Waals surface area contributed by atoms with Crippen molar-refractivity contribution in [2.24, 2.45) is 0 Å². The highest BCUT2D eigenvalue weighted by Gasteiger charge is 2.18. The Morgan fingerprint density at radius 1 is 1.35 bits per heavy atom. The number of nitro benzene ring substituents is 1. The van der Waals surface area contributed by atoms with Gasteiger partial charge in [-0.3, -0.25) is 10.1 Å². The topological polar surface area (TPSA) is 61.0 Å². The van der Waals surface area contributed by atoms with E-state index in [0.717, 1.165) is 29.6 Å². The molecule has 0 amide bonds. The van der Waals surface area contributed by atoms with Crippen molar-refractivity contribution in [3.63, 3.8) is 0 Å². The van der Waals surface area contributed by atoms with Crippen LogP contribution in [-0.2, 0) is 0 Å². The Balaban J connectivity index is 2.69. The third-order valence-corrected chi connectivity index (χ3v) is 2.37.